The number of H-pyrrole nitrogens is 1. The van der Waals surface area contributed by atoms with E-state index in [1.807, 2.05) is 47.5 Å². The van der Waals surface area contributed by atoms with Gasteiger partial charge in [0, 0.05) is 34.9 Å². The molecular weight excluding hydrogens is 426 g/mol. The minimum atomic E-state index is 0.00564. The molecule has 34 heavy (non-hydrogen) atoms. The van der Waals surface area contributed by atoms with Gasteiger partial charge in [0.05, 0.1) is 35.4 Å². The number of nitrogens with one attached hydrogen (secondary N) is 1. The summed E-state index contributed by atoms with van der Waals surface area (Å²) in [5.74, 6) is 0.00564. The molecule has 0 bridgehead atoms. The third-order valence-electron chi connectivity index (χ3n) is 6.70. The van der Waals surface area contributed by atoms with Crippen molar-refractivity contribution in [1.29, 1.82) is 0 Å². The molecule has 0 saturated carbocycles. The largest absolute Gasteiger partial charge is 0.346 e. The molecule has 1 aromatic carbocycles. The zero-order chi connectivity index (χ0) is 23.1. The molecule has 0 amide bonds. The van der Waals surface area contributed by atoms with E-state index in [1.165, 1.54) is 0 Å². The minimum absolute atomic E-state index is 0.00564. The summed E-state index contributed by atoms with van der Waals surface area (Å²) in [5, 5.41) is 15.1. The summed E-state index contributed by atoms with van der Waals surface area (Å²) in [6, 6.07) is 12.5. The maximum atomic E-state index is 12.9. The number of hydrogen-bond donors (Lipinski definition) is 1. The molecule has 0 atom stereocenters. The van der Waals surface area contributed by atoms with Gasteiger partial charge in [0.2, 0.25) is 0 Å². The molecule has 1 aliphatic heterocycles. The van der Waals surface area contributed by atoms with Crippen LogP contribution in [0.5, 0.6) is 0 Å². The highest BCUT2D eigenvalue weighted by molar-refractivity contribution is 5.97. The molecule has 1 fully saturated rings. The number of carbonyl (C=O) groups is 1. The van der Waals surface area contributed by atoms with Gasteiger partial charge >= 0.3 is 0 Å². The monoisotopic (exact) mass is 451 g/mol. The van der Waals surface area contributed by atoms with E-state index in [2.05, 4.69) is 49.3 Å². The smallest absolute Gasteiger partial charge is 0.172 e. The molecule has 4 aromatic heterocycles. The minimum Gasteiger partial charge on any atom is -0.346 e. The summed E-state index contributed by atoms with van der Waals surface area (Å²) >= 11 is 0. The van der Waals surface area contributed by atoms with Crippen LogP contribution in [-0.2, 0) is 6.42 Å². The number of fused-ring (bicyclic) bond motifs is 2. The summed E-state index contributed by atoms with van der Waals surface area (Å²) in [6.45, 7) is 2.11. The third kappa shape index (κ3) is 3.97. The van der Waals surface area contributed by atoms with E-state index < -0.39 is 0 Å². The van der Waals surface area contributed by atoms with Crippen LogP contribution in [0.4, 0.5) is 0 Å². The standard InChI is InChI=1S/C26H25N7O/c1-32-8-5-23(6-9-32)33-16-21(15-29-33)25(34)13-22-12-19-10-17(2-3-24(19)31-30-22)20-11-18-4-7-27-26(18)28-14-20/h2-4,7,10-12,14-16,23H,5-6,8-9,13H2,1H3,(H,27,28). The van der Waals surface area contributed by atoms with E-state index >= 15 is 0 Å². The number of hydrogen-bond acceptors (Lipinski definition) is 6. The molecule has 8 nitrogen and oxygen atoms in total. The summed E-state index contributed by atoms with van der Waals surface area (Å²) < 4.78 is 1.95. The molecule has 5 aromatic rings. The first-order chi connectivity index (χ1) is 16.6. The van der Waals surface area contributed by atoms with Gasteiger partial charge < -0.3 is 9.88 Å². The number of piperidine rings is 1. The fourth-order valence-electron chi connectivity index (χ4n) is 4.66. The quantitative estimate of drug-likeness (QED) is 0.405. The van der Waals surface area contributed by atoms with Crippen LogP contribution >= 0.6 is 0 Å². The Morgan fingerprint density at radius 1 is 1.03 bits per heavy atom. The highest BCUT2D eigenvalue weighted by atomic mass is 16.1. The molecule has 8 heteroatoms. The Bertz CT molecular complexity index is 1490. The number of rotatable bonds is 5. The number of carbonyl (C=O) groups excluding carboxylic acids is 1. The van der Waals surface area contributed by atoms with Crippen molar-refractivity contribution in [2.24, 2.45) is 0 Å². The van der Waals surface area contributed by atoms with Crippen molar-refractivity contribution in [2.45, 2.75) is 25.3 Å². The topological polar surface area (TPSA) is 92.6 Å². The van der Waals surface area contributed by atoms with E-state index in [-0.39, 0.29) is 12.2 Å². The lowest BCUT2D eigenvalue weighted by atomic mass is 10.0. The first-order valence-corrected chi connectivity index (χ1v) is 11.6. The average Bonchev–Trinajstić information content (AvgIpc) is 3.54. The number of pyridine rings is 1. The molecule has 0 radical (unpaired) electrons. The molecule has 1 N–H and O–H groups in total. The number of ketones is 1. The fraction of sp³-hybridized carbons (Fsp3) is 0.269. The zero-order valence-electron chi connectivity index (χ0n) is 19.0. The fourth-order valence-corrected chi connectivity index (χ4v) is 4.66. The maximum absolute atomic E-state index is 12.9. The van der Waals surface area contributed by atoms with Gasteiger partial charge in [-0.25, -0.2) is 4.98 Å². The second kappa shape index (κ2) is 8.46. The van der Waals surface area contributed by atoms with Crippen LogP contribution in [0.3, 0.4) is 0 Å². The van der Waals surface area contributed by atoms with E-state index in [9.17, 15) is 4.79 Å². The van der Waals surface area contributed by atoms with Gasteiger partial charge in [-0.15, -0.1) is 0 Å². The Morgan fingerprint density at radius 2 is 1.88 bits per heavy atom. The highest BCUT2D eigenvalue weighted by Gasteiger charge is 2.20. The van der Waals surface area contributed by atoms with Gasteiger partial charge in [-0.1, -0.05) is 6.07 Å². The van der Waals surface area contributed by atoms with Gasteiger partial charge in [-0.2, -0.15) is 15.3 Å². The third-order valence-corrected chi connectivity index (χ3v) is 6.70. The van der Waals surface area contributed by atoms with Crippen molar-refractivity contribution in [3.05, 3.63) is 72.4 Å². The van der Waals surface area contributed by atoms with Crippen molar-refractivity contribution in [1.82, 2.24) is 34.8 Å². The number of Topliss-reactive ketones (excluding diaryl/α,β-unsaturated/α-hetero) is 1. The summed E-state index contributed by atoms with van der Waals surface area (Å²) in [7, 11) is 2.14. The van der Waals surface area contributed by atoms with Crippen molar-refractivity contribution < 1.29 is 4.79 Å². The second-order valence-electron chi connectivity index (χ2n) is 9.09. The number of aromatic amines is 1. The SMILES string of the molecule is CN1CCC(n2cc(C(=O)Cc3cc4cc(-c5cnc6[nH]ccc6c5)ccc4nn3)cn2)CC1. The Kier molecular flexibility index (Phi) is 5.15. The molecule has 0 unspecified atom stereocenters. The Labute approximate surface area is 196 Å². The summed E-state index contributed by atoms with van der Waals surface area (Å²) in [5.41, 5.74) is 5.03. The van der Waals surface area contributed by atoms with E-state index in [0.29, 0.717) is 17.3 Å². The first-order valence-electron chi connectivity index (χ1n) is 11.6. The normalized spacial score (nSPS) is 15.3. The van der Waals surface area contributed by atoms with Crippen molar-refractivity contribution in [2.75, 3.05) is 20.1 Å². The van der Waals surface area contributed by atoms with Crippen LogP contribution in [0.1, 0.15) is 34.9 Å². The Balaban J connectivity index is 1.22. The van der Waals surface area contributed by atoms with E-state index in [0.717, 1.165) is 59.0 Å². The van der Waals surface area contributed by atoms with Gasteiger partial charge in [-0.3, -0.25) is 9.48 Å². The molecule has 170 valence electrons. The molecule has 0 aliphatic carbocycles. The summed E-state index contributed by atoms with van der Waals surface area (Å²) in [6.07, 6.45) is 9.61. The van der Waals surface area contributed by atoms with Crippen LogP contribution in [0, 0.1) is 0 Å². The van der Waals surface area contributed by atoms with Gasteiger partial charge in [0.15, 0.2) is 5.78 Å². The van der Waals surface area contributed by atoms with E-state index in [4.69, 9.17) is 0 Å². The molecular formula is C26H25N7O. The number of nitrogens with zero attached hydrogens (tertiary/aromatic N) is 6. The molecule has 1 aliphatic rings. The lowest BCUT2D eigenvalue weighted by molar-refractivity contribution is 0.0991. The molecule has 0 spiro atoms. The van der Waals surface area contributed by atoms with Crippen molar-refractivity contribution in [3.8, 4) is 11.1 Å². The molecule has 5 heterocycles. The highest BCUT2D eigenvalue weighted by Crippen LogP contribution is 2.26. The van der Waals surface area contributed by atoms with Crippen LogP contribution in [0.25, 0.3) is 33.1 Å². The predicted molar refractivity (Wildman–Crippen MR) is 131 cm³/mol. The second-order valence-corrected chi connectivity index (χ2v) is 9.09. The average molecular weight is 452 g/mol. The first kappa shape index (κ1) is 20.7. The van der Waals surface area contributed by atoms with Crippen LogP contribution in [0.15, 0.2) is 61.2 Å². The summed E-state index contributed by atoms with van der Waals surface area (Å²) in [4.78, 5) is 22.9. The van der Waals surface area contributed by atoms with Crippen LogP contribution < -0.4 is 0 Å². The van der Waals surface area contributed by atoms with Crippen LogP contribution in [0.2, 0.25) is 0 Å². The maximum Gasteiger partial charge on any atom is 0.172 e. The predicted octanol–water partition coefficient (Wildman–Crippen LogP) is 4.06. The van der Waals surface area contributed by atoms with Gasteiger partial charge in [-0.05, 0) is 68.9 Å². The molecule has 1 saturated heterocycles. The lowest BCUT2D eigenvalue weighted by Crippen LogP contribution is -2.31. The van der Waals surface area contributed by atoms with Crippen LogP contribution in [-0.4, -0.2) is 60.8 Å². The Morgan fingerprint density at radius 3 is 2.76 bits per heavy atom. The molecule has 6 rings (SSSR count). The number of likely N-dealkylation sites (tertiary alicyclic amines) is 1. The van der Waals surface area contributed by atoms with E-state index in [1.54, 1.807) is 6.20 Å². The Hall–Kier alpha value is -3.91. The zero-order valence-corrected chi connectivity index (χ0v) is 19.0. The van der Waals surface area contributed by atoms with Gasteiger partial charge in [0.1, 0.15) is 5.65 Å². The van der Waals surface area contributed by atoms with Crippen molar-refractivity contribution in [3.63, 3.8) is 0 Å². The number of benzene rings is 1. The van der Waals surface area contributed by atoms with Gasteiger partial charge in [0.25, 0.3) is 0 Å². The van der Waals surface area contributed by atoms with Crippen molar-refractivity contribution >= 4 is 27.7 Å². The lowest BCUT2D eigenvalue weighted by Gasteiger charge is -2.28. The number of aromatic nitrogens is 6.